The van der Waals surface area contributed by atoms with E-state index in [4.69, 9.17) is 0 Å². The van der Waals surface area contributed by atoms with E-state index in [-0.39, 0.29) is 5.91 Å². The third-order valence-corrected chi connectivity index (χ3v) is 3.89. The third-order valence-electron chi connectivity index (χ3n) is 2.52. The number of likely N-dealkylation sites (N-methyl/N-ethyl adjacent to an activating group) is 1. The van der Waals surface area contributed by atoms with Gasteiger partial charge in [-0.2, -0.15) is 0 Å². The summed E-state index contributed by atoms with van der Waals surface area (Å²) < 4.78 is 0. The summed E-state index contributed by atoms with van der Waals surface area (Å²) >= 11 is 1.55. The summed E-state index contributed by atoms with van der Waals surface area (Å²) in [5.74, 6) is -0.0140. The number of hydrogen-bond donors (Lipinski definition) is 1. The molecule has 1 rings (SSSR count). The number of carbonyl (C=O) groups is 1. The lowest BCUT2D eigenvalue weighted by atomic mass is 10.1. The lowest BCUT2D eigenvalue weighted by Crippen LogP contribution is -2.39. The van der Waals surface area contributed by atoms with Gasteiger partial charge in [0.2, 0.25) is 0 Å². The molecule has 0 aliphatic carbocycles. The molecule has 0 fully saturated rings. The van der Waals surface area contributed by atoms with Gasteiger partial charge in [-0.1, -0.05) is 6.92 Å². The molecular weight excluding hydrogens is 234 g/mol. The molecule has 1 amide bonds. The summed E-state index contributed by atoms with van der Waals surface area (Å²) in [5, 5.41) is 9.70. The Morgan fingerprint density at radius 3 is 2.53 bits per heavy atom. The first kappa shape index (κ1) is 14.2. The number of thiophene rings is 1. The van der Waals surface area contributed by atoms with E-state index in [9.17, 15) is 9.90 Å². The van der Waals surface area contributed by atoms with Crippen molar-refractivity contribution in [3.05, 3.63) is 21.4 Å². The van der Waals surface area contributed by atoms with Gasteiger partial charge >= 0.3 is 0 Å². The Hall–Kier alpha value is -0.870. The monoisotopic (exact) mass is 255 g/mol. The molecule has 1 aromatic heterocycles. The quantitative estimate of drug-likeness (QED) is 0.898. The van der Waals surface area contributed by atoms with Gasteiger partial charge in [-0.05, 0) is 38.8 Å². The maximum absolute atomic E-state index is 12.1. The lowest BCUT2D eigenvalue weighted by molar-refractivity contribution is 0.0370. The van der Waals surface area contributed by atoms with Gasteiger partial charge in [0.15, 0.2) is 0 Å². The first-order chi connectivity index (χ1) is 7.74. The molecule has 0 saturated heterocycles. The van der Waals surface area contributed by atoms with Crippen molar-refractivity contribution in [2.75, 3.05) is 13.6 Å². The molecule has 0 radical (unpaired) electrons. The summed E-state index contributed by atoms with van der Waals surface area (Å²) in [6, 6.07) is 1.94. The van der Waals surface area contributed by atoms with E-state index in [1.165, 1.54) is 10.4 Å². The molecule has 0 bridgehead atoms. The second-order valence-electron chi connectivity index (χ2n) is 5.04. The van der Waals surface area contributed by atoms with Gasteiger partial charge in [0.25, 0.3) is 5.91 Å². The first-order valence-electron chi connectivity index (χ1n) is 5.81. The molecular formula is C13H21NO2S. The van der Waals surface area contributed by atoms with Gasteiger partial charge in [0, 0.05) is 18.5 Å². The fourth-order valence-electron chi connectivity index (χ4n) is 1.82. The number of amides is 1. The molecule has 0 aliphatic rings. The van der Waals surface area contributed by atoms with Crippen LogP contribution in [0.5, 0.6) is 0 Å². The normalized spacial score (nSPS) is 11.6. The molecule has 0 aliphatic heterocycles. The predicted molar refractivity (Wildman–Crippen MR) is 71.7 cm³/mol. The SMILES string of the molecule is CCc1sc(C(=O)N(C)CC(C)(C)O)cc1C. The first-order valence-corrected chi connectivity index (χ1v) is 6.63. The van der Waals surface area contributed by atoms with E-state index in [1.807, 2.05) is 13.0 Å². The van der Waals surface area contributed by atoms with Crippen molar-refractivity contribution in [1.29, 1.82) is 0 Å². The molecule has 3 nitrogen and oxygen atoms in total. The molecule has 17 heavy (non-hydrogen) atoms. The van der Waals surface area contributed by atoms with Gasteiger partial charge in [-0.25, -0.2) is 0 Å². The van der Waals surface area contributed by atoms with E-state index in [0.29, 0.717) is 6.54 Å². The molecule has 4 heteroatoms. The van der Waals surface area contributed by atoms with Crippen LogP contribution in [0.3, 0.4) is 0 Å². The van der Waals surface area contributed by atoms with Gasteiger partial charge in [-0.3, -0.25) is 4.79 Å². The predicted octanol–water partition coefficient (Wildman–Crippen LogP) is 2.46. The van der Waals surface area contributed by atoms with Crippen molar-refractivity contribution >= 4 is 17.2 Å². The number of carbonyl (C=O) groups excluding carboxylic acids is 1. The highest BCUT2D eigenvalue weighted by Gasteiger charge is 2.21. The summed E-state index contributed by atoms with van der Waals surface area (Å²) in [6.45, 7) is 7.86. The summed E-state index contributed by atoms with van der Waals surface area (Å²) in [5.41, 5.74) is 0.321. The number of nitrogens with zero attached hydrogens (tertiary/aromatic N) is 1. The maximum atomic E-state index is 12.1. The van der Waals surface area contributed by atoms with Crippen LogP contribution in [0.25, 0.3) is 0 Å². The Bertz CT molecular complexity index is 404. The fourth-order valence-corrected chi connectivity index (χ4v) is 2.93. The highest BCUT2D eigenvalue weighted by atomic mass is 32.1. The van der Waals surface area contributed by atoms with Crippen molar-refractivity contribution in [1.82, 2.24) is 4.90 Å². The Labute approximate surface area is 107 Å². The average Bonchev–Trinajstić information content (AvgIpc) is 2.55. The van der Waals surface area contributed by atoms with E-state index in [1.54, 1.807) is 37.1 Å². The van der Waals surface area contributed by atoms with Gasteiger partial charge in [-0.15, -0.1) is 11.3 Å². The second kappa shape index (κ2) is 5.19. The lowest BCUT2D eigenvalue weighted by Gasteiger charge is -2.25. The van der Waals surface area contributed by atoms with Crippen LogP contribution in [0, 0.1) is 6.92 Å². The van der Waals surface area contributed by atoms with E-state index >= 15 is 0 Å². The fraction of sp³-hybridized carbons (Fsp3) is 0.615. The highest BCUT2D eigenvalue weighted by Crippen LogP contribution is 2.23. The van der Waals surface area contributed by atoms with Crippen LogP contribution in [0.1, 0.15) is 40.9 Å². The van der Waals surface area contributed by atoms with Gasteiger partial charge in [0.05, 0.1) is 10.5 Å². The maximum Gasteiger partial charge on any atom is 0.263 e. The largest absolute Gasteiger partial charge is 0.389 e. The topological polar surface area (TPSA) is 40.5 Å². The smallest absolute Gasteiger partial charge is 0.263 e. The van der Waals surface area contributed by atoms with E-state index in [0.717, 1.165) is 11.3 Å². The van der Waals surface area contributed by atoms with Crippen molar-refractivity contribution in [3.63, 3.8) is 0 Å². The molecule has 0 atom stereocenters. The van der Waals surface area contributed by atoms with Crippen LogP contribution >= 0.6 is 11.3 Å². The Balaban J connectivity index is 2.82. The molecule has 96 valence electrons. The third kappa shape index (κ3) is 3.82. The van der Waals surface area contributed by atoms with Crippen LogP contribution in [0.2, 0.25) is 0 Å². The second-order valence-corrected chi connectivity index (χ2v) is 6.18. The zero-order valence-corrected chi connectivity index (χ0v) is 12.0. The summed E-state index contributed by atoms with van der Waals surface area (Å²) in [4.78, 5) is 15.7. The average molecular weight is 255 g/mol. The van der Waals surface area contributed by atoms with Crippen LogP contribution in [-0.4, -0.2) is 35.1 Å². The van der Waals surface area contributed by atoms with Crippen LogP contribution < -0.4 is 0 Å². The van der Waals surface area contributed by atoms with Crippen molar-refractivity contribution in [3.8, 4) is 0 Å². The Kier molecular flexibility index (Phi) is 4.33. The van der Waals surface area contributed by atoms with Gasteiger partial charge in [0.1, 0.15) is 0 Å². The minimum Gasteiger partial charge on any atom is -0.389 e. The molecule has 1 heterocycles. The molecule has 1 N–H and O–H groups in total. The molecule has 0 aromatic carbocycles. The van der Waals surface area contributed by atoms with Gasteiger partial charge < -0.3 is 10.0 Å². The molecule has 0 saturated carbocycles. The van der Waals surface area contributed by atoms with Crippen LogP contribution in [0.4, 0.5) is 0 Å². The number of aryl methyl sites for hydroxylation is 2. The van der Waals surface area contributed by atoms with E-state index < -0.39 is 5.60 Å². The molecule has 0 unspecified atom stereocenters. The highest BCUT2D eigenvalue weighted by molar-refractivity contribution is 7.14. The molecule has 1 aromatic rings. The standard InChI is InChI=1S/C13H21NO2S/c1-6-10-9(2)7-11(17-10)12(15)14(5)8-13(3,4)16/h7,16H,6,8H2,1-5H3. The summed E-state index contributed by atoms with van der Waals surface area (Å²) in [6.07, 6.45) is 0.957. The van der Waals surface area contributed by atoms with Crippen molar-refractivity contribution in [2.45, 2.75) is 39.7 Å². The number of hydrogen-bond acceptors (Lipinski definition) is 3. The Morgan fingerprint density at radius 1 is 1.53 bits per heavy atom. The molecule has 0 spiro atoms. The number of rotatable bonds is 4. The minimum absolute atomic E-state index is 0.0140. The van der Waals surface area contributed by atoms with Crippen LogP contribution in [0.15, 0.2) is 6.07 Å². The van der Waals surface area contributed by atoms with Crippen molar-refractivity contribution in [2.24, 2.45) is 0 Å². The van der Waals surface area contributed by atoms with Crippen molar-refractivity contribution < 1.29 is 9.90 Å². The zero-order valence-electron chi connectivity index (χ0n) is 11.2. The Morgan fingerprint density at radius 2 is 2.12 bits per heavy atom. The minimum atomic E-state index is -0.857. The zero-order chi connectivity index (χ0) is 13.2. The van der Waals surface area contributed by atoms with E-state index in [2.05, 4.69) is 6.92 Å². The van der Waals surface area contributed by atoms with Crippen LogP contribution in [-0.2, 0) is 6.42 Å². The number of aliphatic hydroxyl groups is 1. The summed E-state index contributed by atoms with van der Waals surface area (Å²) in [7, 11) is 1.72.